The Hall–Kier alpha value is -1.56. The molecule has 0 atom stereocenters. The molecule has 0 heterocycles. The van der Waals surface area contributed by atoms with Crippen LogP contribution in [0.2, 0.25) is 10.0 Å². The minimum absolute atomic E-state index is 0.267. The molecule has 0 N–H and O–H groups in total. The molecular weight excluding hydrogens is 260 g/mol. The van der Waals surface area contributed by atoms with Crippen molar-refractivity contribution < 1.29 is 4.39 Å². The molecule has 2 rings (SSSR count). The Morgan fingerprint density at radius 1 is 1.00 bits per heavy atom. The van der Waals surface area contributed by atoms with Gasteiger partial charge in [-0.3, -0.25) is 0 Å². The highest BCUT2D eigenvalue weighted by molar-refractivity contribution is 6.42. The third kappa shape index (κ3) is 2.41. The van der Waals surface area contributed by atoms with Crippen molar-refractivity contribution in [1.82, 2.24) is 0 Å². The zero-order chi connectivity index (χ0) is 12.4. The molecule has 0 bridgehead atoms. The molecule has 0 aliphatic rings. The van der Waals surface area contributed by atoms with Crippen molar-refractivity contribution in [3.63, 3.8) is 0 Å². The molecular formula is C13H6Cl2FN. The van der Waals surface area contributed by atoms with Gasteiger partial charge in [-0.2, -0.15) is 5.26 Å². The van der Waals surface area contributed by atoms with Crippen LogP contribution in [-0.2, 0) is 0 Å². The Balaban J connectivity index is 2.61. The lowest BCUT2D eigenvalue weighted by molar-refractivity contribution is 0.627. The summed E-state index contributed by atoms with van der Waals surface area (Å²) in [5, 5.41) is 9.79. The van der Waals surface area contributed by atoms with Gasteiger partial charge in [0.15, 0.2) is 0 Å². The summed E-state index contributed by atoms with van der Waals surface area (Å²) in [4.78, 5) is 0. The van der Waals surface area contributed by atoms with Gasteiger partial charge in [0.25, 0.3) is 0 Å². The highest BCUT2D eigenvalue weighted by Crippen LogP contribution is 2.30. The molecule has 0 aliphatic heterocycles. The van der Waals surface area contributed by atoms with Crippen molar-refractivity contribution in [2.45, 2.75) is 0 Å². The second kappa shape index (κ2) is 4.75. The number of halogens is 3. The van der Waals surface area contributed by atoms with E-state index in [-0.39, 0.29) is 5.56 Å². The number of hydrogen-bond acceptors (Lipinski definition) is 1. The maximum atomic E-state index is 13.0. The number of hydrogen-bond donors (Lipinski definition) is 0. The fourth-order valence-corrected chi connectivity index (χ4v) is 1.82. The normalized spacial score (nSPS) is 10.0. The highest BCUT2D eigenvalue weighted by Gasteiger charge is 2.08. The first kappa shape index (κ1) is 11.9. The van der Waals surface area contributed by atoms with E-state index in [9.17, 15) is 4.39 Å². The van der Waals surface area contributed by atoms with Crippen LogP contribution >= 0.6 is 23.2 Å². The number of benzene rings is 2. The minimum Gasteiger partial charge on any atom is -0.207 e. The molecule has 0 spiro atoms. The van der Waals surface area contributed by atoms with Gasteiger partial charge in [-0.1, -0.05) is 35.3 Å². The summed E-state index contributed by atoms with van der Waals surface area (Å²) in [7, 11) is 0. The molecule has 0 unspecified atom stereocenters. The first-order valence-corrected chi connectivity index (χ1v) is 5.52. The van der Waals surface area contributed by atoms with E-state index >= 15 is 0 Å². The molecule has 0 aromatic heterocycles. The zero-order valence-corrected chi connectivity index (χ0v) is 10.1. The Morgan fingerprint density at radius 3 is 2.41 bits per heavy atom. The summed E-state index contributed by atoms with van der Waals surface area (Å²) in [6.07, 6.45) is 0. The summed E-state index contributed by atoms with van der Waals surface area (Å²) in [5.74, 6) is -0.439. The third-order valence-electron chi connectivity index (χ3n) is 2.33. The van der Waals surface area contributed by atoms with E-state index in [0.29, 0.717) is 15.6 Å². The van der Waals surface area contributed by atoms with Gasteiger partial charge in [-0.15, -0.1) is 0 Å². The summed E-state index contributed by atoms with van der Waals surface area (Å²) < 4.78 is 13.0. The van der Waals surface area contributed by atoms with Crippen LogP contribution in [0.1, 0.15) is 5.56 Å². The largest absolute Gasteiger partial charge is 0.207 e. The minimum atomic E-state index is -0.439. The Morgan fingerprint density at radius 2 is 1.76 bits per heavy atom. The van der Waals surface area contributed by atoms with E-state index < -0.39 is 5.82 Å². The van der Waals surface area contributed by atoms with Gasteiger partial charge in [-0.25, -0.2) is 4.39 Å². The van der Waals surface area contributed by atoms with E-state index in [1.165, 1.54) is 12.1 Å². The van der Waals surface area contributed by atoms with E-state index in [1.807, 2.05) is 6.07 Å². The van der Waals surface area contributed by atoms with Crippen molar-refractivity contribution in [1.29, 1.82) is 5.26 Å². The van der Waals surface area contributed by atoms with Crippen molar-refractivity contribution in [3.05, 3.63) is 57.8 Å². The highest BCUT2D eigenvalue weighted by atomic mass is 35.5. The van der Waals surface area contributed by atoms with E-state index in [0.717, 1.165) is 5.56 Å². The molecule has 4 heteroatoms. The standard InChI is InChI=1S/C13H6Cl2FN/c14-12-4-1-8(6-13(12)15)11-3-2-10(16)5-9(11)7-17/h1-6H. The average molecular weight is 266 g/mol. The fourth-order valence-electron chi connectivity index (χ4n) is 1.52. The van der Waals surface area contributed by atoms with Crippen molar-refractivity contribution >= 4 is 23.2 Å². The van der Waals surface area contributed by atoms with Crippen molar-refractivity contribution in [3.8, 4) is 17.2 Å². The van der Waals surface area contributed by atoms with Crippen LogP contribution in [0.15, 0.2) is 36.4 Å². The van der Waals surface area contributed by atoms with Crippen LogP contribution in [0.4, 0.5) is 4.39 Å². The smallest absolute Gasteiger partial charge is 0.124 e. The molecule has 17 heavy (non-hydrogen) atoms. The van der Waals surface area contributed by atoms with Crippen molar-refractivity contribution in [2.24, 2.45) is 0 Å². The first-order chi connectivity index (χ1) is 8.11. The summed E-state index contributed by atoms with van der Waals surface area (Å²) in [6.45, 7) is 0. The molecule has 0 radical (unpaired) electrons. The van der Waals surface area contributed by atoms with Gasteiger partial charge in [-0.05, 0) is 35.4 Å². The predicted octanol–water partition coefficient (Wildman–Crippen LogP) is 4.67. The molecule has 2 aromatic rings. The maximum Gasteiger partial charge on any atom is 0.124 e. The van der Waals surface area contributed by atoms with Crippen molar-refractivity contribution in [2.75, 3.05) is 0 Å². The van der Waals surface area contributed by atoms with Gasteiger partial charge < -0.3 is 0 Å². The molecule has 0 amide bonds. The predicted molar refractivity (Wildman–Crippen MR) is 66.6 cm³/mol. The topological polar surface area (TPSA) is 23.8 Å². The monoisotopic (exact) mass is 265 g/mol. The van der Waals surface area contributed by atoms with Gasteiger partial charge in [0.2, 0.25) is 0 Å². The lowest BCUT2D eigenvalue weighted by Crippen LogP contribution is -1.86. The summed E-state index contributed by atoms with van der Waals surface area (Å²) >= 11 is 11.7. The molecule has 0 fully saturated rings. The number of nitrogens with zero attached hydrogens (tertiary/aromatic N) is 1. The van der Waals surface area contributed by atoms with E-state index in [1.54, 1.807) is 24.3 Å². The quantitative estimate of drug-likeness (QED) is 0.735. The second-order valence-corrected chi connectivity index (χ2v) is 4.24. The van der Waals surface area contributed by atoms with Gasteiger partial charge in [0.1, 0.15) is 5.82 Å². The zero-order valence-electron chi connectivity index (χ0n) is 8.55. The molecule has 0 aliphatic carbocycles. The second-order valence-electron chi connectivity index (χ2n) is 3.43. The number of nitriles is 1. The lowest BCUT2D eigenvalue weighted by Gasteiger charge is -2.05. The van der Waals surface area contributed by atoms with Crippen LogP contribution in [0.3, 0.4) is 0 Å². The Labute approximate surface area is 108 Å². The molecule has 1 nitrogen and oxygen atoms in total. The van der Waals surface area contributed by atoms with Crippen LogP contribution in [0.25, 0.3) is 11.1 Å². The Kier molecular flexibility index (Phi) is 3.33. The lowest BCUT2D eigenvalue weighted by atomic mass is 10.0. The third-order valence-corrected chi connectivity index (χ3v) is 3.07. The van der Waals surface area contributed by atoms with Crippen LogP contribution in [-0.4, -0.2) is 0 Å². The molecule has 0 saturated carbocycles. The van der Waals surface area contributed by atoms with E-state index in [2.05, 4.69) is 0 Å². The van der Waals surface area contributed by atoms with Crippen LogP contribution < -0.4 is 0 Å². The summed E-state index contributed by atoms with van der Waals surface area (Å²) in [5.41, 5.74) is 1.63. The summed E-state index contributed by atoms with van der Waals surface area (Å²) in [6, 6.07) is 11.0. The molecule has 0 saturated heterocycles. The van der Waals surface area contributed by atoms with Gasteiger partial charge in [0, 0.05) is 0 Å². The van der Waals surface area contributed by atoms with Crippen LogP contribution in [0, 0.1) is 17.1 Å². The number of rotatable bonds is 1. The van der Waals surface area contributed by atoms with Gasteiger partial charge >= 0.3 is 0 Å². The molecule has 2 aromatic carbocycles. The fraction of sp³-hybridized carbons (Fsp3) is 0. The first-order valence-electron chi connectivity index (χ1n) is 4.77. The van der Waals surface area contributed by atoms with Gasteiger partial charge in [0.05, 0.1) is 21.7 Å². The Bertz CT molecular complexity index is 617. The van der Waals surface area contributed by atoms with E-state index in [4.69, 9.17) is 28.5 Å². The maximum absolute atomic E-state index is 13.0. The average Bonchev–Trinajstić information content (AvgIpc) is 2.32. The SMILES string of the molecule is N#Cc1cc(F)ccc1-c1ccc(Cl)c(Cl)c1. The molecule has 84 valence electrons. The van der Waals surface area contributed by atoms with Crippen LogP contribution in [0.5, 0.6) is 0 Å².